The zero-order chi connectivity index (χ0) is 24.3. The van der Waals surface area contributed by atoms with Crippen molar-refractivity contribution in [2.45, 2.75) is 90.4 Å². The molecule has 0 spiro atoms. The summed E-state index contributed by atoms with van der Waals surface area (Å²) in [4.78, 5) is 49.9. The molecule has 0 saturated carbocycles. The molecule has 1 saturated heterocycles. The fourth-order valence-corrected chi connectivity index (χ4v) is 3.68. The number of nitrogens with one attached hydrogen (secondary N) is 4. The van der Waals surface area contributed by atoms with Gasteiger partial charge in [0.15, 0.2) is 0 Å². The molecule has 0 radical (unpaired) electrons. The molecular formula is C22H41N5O5. The molecule has 10 nitrogen and oxygen atoms in total. The Kier molecular flexibility index (Phi) is 12.2. The number of unbranched alkanes of at least 4 members (excludes halogenated alkanes) is 1. The summed E-state index contributed by atoms with van der Waals surface area (Å²) < 4.78 is 0. The second-order valence-electron chi connectivity index (χ2n) is 9.25. The molecule has 32 heavy (non-hydrogen) atoms. The summed E-state index contributed by atoms with van der Waals surface area (Å²) in [6.45, 7) is 8.66. The largest absolute Gasteiger partial charge is 0.480 e. The predicted octanol–water partition coefficient (Wildman–Crippen LogP) is 0.109. The van der Waals surface area contributed by atoms with Gasteiger partial charge in [-0.15, -0.1) is 0 Å². The molecule has 4 unspecified atom stereocenters. The average molecular weight is 456 g/mol. The first-order valence-electron chi connectivity index (χ1n) is 11.6. The van der Waals surface area contributed by atoms with Crippen molar-refractivity contribution in [3.8, 4) is 0 Å². The third kappa shape index (κ3) is 9.52. The summed E-state index contributed by atoms with van der Waals surface area (Å²) in [7, 11) is 0. The number of carboxylic acid groups (broad SMARTS) is 1. The van der Waals surface area contributed by atoms with Crippen molar-refractivity contribution in [1.82, 2.24) is 21.3 Å². The molecule has 1 fully saturated rings. The van der Waals surface area contributed by atoms with Crippen LogP contribution in [-0.2, 0) is 19.2 Å². The van der Waals surface area contributed by atoms with E-state index in [-0.39, 0.29) is 30.2 Å². The Morgan fingerprint density at radius 3 is 2.19 bits per heavy atom. The number of hydrogen-bond acceptors (Lipinski definition) is 6. The van der Waals surface area contributed by atoms with Crippen molar-refractivity contribution in [2.75, 3.05) is 13.1 Å². The summed E-state index contributed by atoms with van der Waals surface area (Å²) in [5.41, 5.74) is 5.46. The van der Waals surface area contributed by atoms with E-state index in [2.05, 4.69) is 21.3 Å². The molecule has 184 valence electrons. The average Bonchev–Trinajstić information content (AvgIpc) is 3.24. The van der Waals surface area contributed by atoms with Crippen LogP contribution in [-0.4, -0.2) is 66.1 Å². The molecule has 1 rings (SSSR count). The number of hydrogen-bond donors (Lipinski definition) is 6. The van der Waals surface area contributed by atoms with Crippen molar-refractivity contribution in [1.29, 1.82) is 0 Å². The Hall–Kier alpha value is -2.20. The summed E-state index contributed by atoms with van der Waals surface area (Å²) in [5.74, 6) is -2.48. The van der Waals surface area contributed by atoms with Crippen LogP contribution in [0.4, 0.5) is 0 Å². The number of carbonyl (C=O) groups is 4. The van der Waals surface area contributed by atoms with Crippen LogP contribution in [0, 0.1) is 11.8 Å². The molecule has 1 heterocycles. The fourth-order valence-electron chi connectivity index (χ4n) is 3.68. The molecule has 0 bridgehead atoms. The maximum absolute atomic E-state index is 13.0. The van der Waals surface area contributed by atoms with Crippen molar-refractivity contribution in [3.63, 3.8) is 0 Å². The van der Waals surface area contributed by atoms with Crippen LogP contribution in [0.25, 0.3) is 0 Å². The van der Waals surface area contributed by atoms with Gasteiger partial charge >= 0.3 is 5.97 Å². The van der Waals surface area contributed by atoms with E-state index in [4.69, 9.17) is 5.73 Å². The highest BCUT2D eigenvalue weighted by Crippen LogP contribution is 2.11. The third-order valence-electron chi connectivity index (χ3n) is 5.53. The number of carbonyl (C=O) groups excluding carboxylic acids is 3. The molecule has 1 aliphatic heterocycles. The van der Waals surface area contributed by atoms with Gasteiger partial charge in [0.25, 0.3) is 0 Å². The van der Waals surface area contributed by atoms with Gasteiger partial charge in [-0.1, -0.05) is 27.7 Å². The number of aliphatic carboxylic acids is 1. The minimum atomic E-state index is -1.13. The first kappa shape index (κ1) is 27.8. The summed E-state index contributed by atoms with van der Waals surface area (Å²) in [6.07, 6.45) is 3.55. The van der Waals surface area contributed by atoms with Crippen molar-refractivity contribution < 1.29 is 24.3 Å². The number of carboxylic acids is 1. The second-order valence-corrected chi connectivity index (χ2v) is 9.25. The number of amides is 3. The Morgan fingerprint density at radius 1 is 1.00 bits per heavy atom. The summed E-state index contributed by atoms with van der Waals surface area (Å²) >= 11 is 0. The molecular weight excluding hydrogens is 414 g/mol. The zero-order valence-electron chi connectivity index (χ0n) is 19.8. The van der Waals surface area contributed by atoms with E-state index in [1.54, 1.807) is 13.8 Å². The molecule has 7 N–H and O–H groups in total. The topological polar surface area (TPSA) is 163 Å². The van der Waals surface area contributed by atoms with Crippen LogP contribution in [0.15, 0.2) is 0 Å². The van der Waals surface area contributed by atoms with Crippen molar-refractivity contribution >= 4 is 23.7 Å². The summed E-state index contributed by atoms with van der Waals surface area (Å²) in [6, 6.07) is -3.06. The van der Waals surface area contributed by atoms with E-state index in [0.717, 1.165) is 19.4 Å². The first-order valence-corrected chi connectivity index (χ1v) is 11.6. The van der Waals surface area contributed by atoms with E-state index < -0.39 is 35.9 Å². The van der Waals surface area contributed by atoms with Crippen LogP contribution in [0.2, 0.25) is 0 Å². The Bertz CT molecular complexity index is 634. The molecule has 0 aromatic heterocycles. The highest BCUT2D eigenvalue weighted by Gasteiger charge is 2.32. The van der Waals surface area contributed by atoms with Gasteiger partial charge in [-0.2, -0.15) is 0 Å². The highest BCUT2D eigenvalue weighted by molar-refractivity contribution is 5.94. The normalized spacial score (nSPS) is 18.8. The Balaban J connectivity index is 2.83. The van der Waals surface area contributed by atoms with Gasteiger partial charge in [0, 0.05) is 0 Å². The van der Waals surface area contributed by atoms with Gasteiger partial charge in [-0.05, 0) is 63.5 Å². The quantitative estimate of drug-likeness (QED) is 0.202. The minimum absolute atomic E-state index is 0.146. The molecule has 1 aliphatic rings. The van der Waals surface area contributed by atoms with Gasteiger partial charge in [0.2, 0.25) is 17.7 Å². The standard InChI is InChI=1S/C22H41N5O5/c1-13(2)12-17(26-19(28)15-9-7-11-24-15)20(29)27-18(14(3)4)21(30)25-16(22(31)32)8-5-6-10-23/h13-18,24H,5-12,23H2,1-4H3,(H,25,30)(H,26,28)(H,27,29)(H,31,32). The van der Waals surface area contributed by atoms with E-state index in [1.807, 2.05) is 13.8 Å². The van der Waals surface area contributed by atoms with Gasteiger partial charge < -0.3 is 32.1 Å². The lowest BCUT2D eigenvalue weighted by Crippen LogP contribution is -2.58. The predicted molar refractivity (Wildman–Crippen MR) is 122 cm³/mol. The van der Waals surface area contributed by atoms with Crippen molar-refractivity contribution in [2.24, 2.45) is 17.6 Å². The van der Waals surface area contributed by atoms with Gasteiger partial charge in [-0.25, -0.2) is 4.79 Å². The maximum Gasteiger partial charge on any atom is 0.326 e. The molecule has 10 heteroatoms. The van der Waals surface area contributed by atoms with E-state index in [1.165, 1.54) is 0 Å². The van der Waals surface area contributed by atoms with Gasteiger partial charge in [-0.3, -0.25) is 14.4 Å². The van der Waals surface area contributed by atoms with Crippen LogP contribution >= 0.6 is 0 Å². The first-order chi connectivity index (χ1) is 15.1. The lowest BCUT2D eigenvalue weighted by Gasteiger charge is -2.27. The van der Waals surface area contributed by atoms with Crippen LogP contribution in [0.5, 0.6) is 0 Å². The monoisotopic (exact) mass is 455 g/mol. The van der Waals surface area contributed by atoms with Crippen LogP contribution < -0.4 is 27.0 Å². The SMILES string of the molecule is CC(C)CC(NC(=O)C1CCCN1)C(=O)NC(C(=O)NC(CCCCN)C(=O)O)C(C)C. The molecule has 0 aromatic rings. The lowest BCUT2D eigenvalue weighted by molar-refractivity contribution is -0.142. The summed E-state index contributed by atoms with van der Waals surface area (Å²) in [5, 5.41) is 20.6. The smallest absolute Gasteiger partial charge is 0.326 e. The van der Waals surface area contributed by atoms with E-state index in [0.29, 0.717) is 25.8 Å². The number of rotatable bonds is 14. The van der Waals surface area contributed by atoms with E-state index >= 15 is 0 Å². The van der Waals surface area contributed by atoms with Crippen LogP contribution in [0.3, 0.4) is 0 Å². The minimum Gasteiger partial charge on any atom is -0.480 e. The molecule has 0 aliphatic carbocycles. The fraction of sp³-hybridized carbons (Fsp3) is 0.818. The van der Waals surface area contributed by atoms with Crippen molar-refractivity contribution in [3.05, 3.63) is 0 Å². The molecule has 3 amide bonds. The van der Waals surface area contributed by atoms with Crippen LogP contribution in [0.1, 0.15) is 66.2 Å². The zero-order valence-corrected chi connectivity index (χ0v) is 19.8. The second kappa shape index (κ2) is 14.1. The number of nitrogens with two attached hydrogens (primary N) is 1. The lowest BCUT2D eigenvalue weighted by atomic mass is 9.99. The Labute approximate surface area is 190 Å². The van der Waals surface area contributed by atoms with Gasteiger partial charge in [0.1, 0.15) is 18.1 Å². The van der Waals surface area contributed by atoms with Gasteiger partial charge in [0.05, 0.1) is 6.04 Å². The molecule has 0 aromatic carbocycles. The third-order valence-corrected chi connectivity index (χ3v) is 5.53. The van der Waals surface area contributed by atoms with E-state index in [9.17, 15) is 24.3 Å². The molecule has 4 atom stereocenters. The Morgan fingerprint density at radius 2 is 1.69 bits per heavy atom. The highest BCUT2D eigenvalue weighted by atomic mass is 16.4. The maximum atomic E-state index is 13.0.